The van der Waals surface area contributed by atoms with Gasteiger partial charge in [-0.1, -0.05) is 19.9 Å². The summed E-state index contributed by atoms with van der Waals surface area (Å²) in [5, 5.41) is 3.22. The second-order valence-corrected chi connectivity index (χ2v) is 4.92. The van der Waals surface area contributed by atoms with Gasteiger partial charge in [-0.25, -0.2) is 4.39 Å². The van der Waals surface area contributed by atoms with Gasteiger partial charge >= 0.3 is 0 Å². The van der Waals surface area contributed by atoms with E-state index in [0.29, 0.717) is 0 Å². The van der Waals surface area contributed by atoms with Gasteiger partial charge in [0.15, 0.2) is 0 Å². The molecule has 0 aliphatic rings. The molecular formula is C14H23FN2. The number of rotatable bonds is 7. The van der Waals surface area contributed by atoms with Crippen LogP contribution in [0.4, 0.5) is 10.1 Å². The summed E-state index contributed by atoms with van der Waals surface area (Å²) in [6, 6.07) is 6.59. The number of halogens is 1. The number of nitrogens with zero attached hydrogens (tertiary/aromatic N) is 1. The fourth-order valence-electron chi connectivity index (χ4n) is 1.58. The molecule has 1 rings (SSSR count). The van der Waals surface area contributed by atoms with Crippen molar-refractivity contribution in [2.75, 3.05) is 32.0 Å². The molecule has 0 atom stereocenters. The quantitative estimate of drug-likeness (QED) is 0.784. The van der Waals surface area contributed by atoms with Crippen molar-refractivity contribution in [1.82, 2.24) is 4.90 Å². The van der Waals surface area contributed by atoms with Crippen LogP contribution >= 0.6 is 0 Å². The summed E-state index contributed by atoms with van der Waals surface area (Å²) in [7, 11) is 2.12. The SMILES string of the molecule is CC(C)CCN(C)CCNc1cccc(F)c1. The third-order valence-corrected chi connectivity index (χ3v) is 2.74. The molecule has 96 valence electrons. The third kappa shape index (κ3) is 6.27. The molecule has 0 saturated carbocycles. The molecule has 0 unspecified atom stereocenters. The lowest BCUT2D eigenvalue weighted by atomic mass is 10.1. The van der Waals surface area contributed by atoms with E-state index in [4.69, 9.17) is 0 Å². The van der Waals surface area contributed by atoms with Gasteiger partial charge in [0.1, 0.15) is 5.82 Å². The molecule has 1 aromatic carbocycles. The Bertz CT molecular complexity index is 326. The minimum absolute atomic E-state index is 0.192. The van der Waals surface area contributed by atoms with Crippen LogP contribution in [0.15, 0.2) is 24.3 Å². The highest BCUT2D eigenvalue weighted by Crippen LogP contribution is 2.08. The van der Waals surface area contributed by atoms with E-state index in [1.165, 1.54) is 18.6 Å². The zero-order valence-corrected chi connectivity index (χ0v) is 11.0. The van der Waals surface area contributed by atoms with Crippen molar-refractivity contribution >= 4 is 5.69 Å². The number of anilines is 1. The number of hydrogen-bond donors (Lipinski definition) is 1. The molecule has 0 spiro atoms. The topological polar surface area (TPSA) is 15.3 Å². The Balaban J connectivity index is 2.19. The second-order valence-electron chi connectivity index (χ2n) is 4.92. The Morgan fingerprint density at radius 2 is 2.06 bits per heavy atom. The van der Waals surface area contributed by atoms with Crippen molar-refractivity contribution in [3.05, 3.63) is 30.1 Å². The van der Waals surface area contributed by atoms with Crippen LogP contribution in [0.5, 0.6) is 0 Å². The second kappa shape index (κ2) is 7.28. The van der Waals surface area contributed by atoms with E-state index >= 15 is 0 Å². The molecule has 0 heterocycles. The zero-order valence-electron chi connectivity index (χ0n) is 11.0. The smallest absolute Gasteiger partial charge is 0.125 e. The highest BCUT2D eigenvalue weighted by atomic mass is 19.1. The van der Waals surface area contributed by atoms with E-state index in [-0.39, 0.29) is 5.82 Å². The summed E-state index contributed by atoms with van der Waals surface area (Å²) in [5.74, 6) is 0.553. The lowest BCUT2D eigenvalue weighted by Gasteiger charge is -2.18. The molecule has 1 aromatic rings. The Morgan fingerprint density at radius 1 is 1.29 bits per heavy atom. The van der Waals surface area contributed by atoms with Gasteiger partial charge in [-0.15, -0.1) is 0 Å². The first-order valence-electron chi connectivity index (χ1n) is 6.26. The maximum absolute atomic E-state index is 12.9. The van der Waals surface area contributed by atoms with Crippen molar-refractivity contribution in [3.63, 3.8) is 0 Å². The average molecular weight is 238 g/mol. The fourth-order valence-corrected chi connectivity index (χ4v) is 1.58. The Labute approximate surface area is 104 Å². The minimum atomic E-state index is -0.192. The first kappa shape index (κ1) is 14.0. The summed E-state index contributed by atoms with van der Waals surface area (Å²) in [6.45, 7) is 7.40. The van der Waals surface area contributed by atoms with E-state index in [2.05, 4.69) is 31.1 Å². The molecule has 1 N–H and O–H groups in total. The Hall–Kier alpha value is -1.09. The Kier molecular flexibility index (Phi) is 5.98. The normalized spacial score (nSPS) is 11.2. The van der Waals surface area contributed by atoms with E-state index in [9.17, 15) is 4.39 Å². The van der Waals surface area contributed by atoms with Gasteiger partial charge in [0.05, 0.1) is 0 Å². The van der Waals surface area contributed by atoms with Gasteiger partial charge in [0, 0.05) is 18.8 Å². The highest BCUT2D eigenvalue weighted by Gasteiger charge is 2.00. The lowest BCUT2D eigenvalue weighted by molar-refractivity contribution is 0.321. The van der Waals surface area contributed by atoms with Gasteiger partial charge in [-0.2, -0.15) is 0 Å². The van der Waals surface area contributed by atoms with Crippen LogP contribution < -0.4 is 5.32 Å². The van der Waals surface area contributed by atoms with E-state index in [1.54, 1.807) is 6.07 Å². The number of nitrogens with one attached hydrogen (secondary N) is 1. The molecular weight excluding hydrogens is 215 g/mol. The van der Waals surface area contributed by atoms with Crippen LogP contribution in [0.3, 0.4) is 0 Å². The van der Waals surface area contributed by atoms with Gasteiger partial charge in [0.25, 0.3) is 0 Å². The summed E-state index contributed by atoms with van der Waals surface area (Å²) in [6.07, 6.45) is 1.22. The van der Waals surface area contributed by atoms with Crippen molar-refractivity contribution in [1.29, 1.82) is 0 Å². The first-order valence-corrected chi connectivity index (χ1v) is 6.26. The maximum Gasteiger partial charge on any atom is 0.125 e. The summed E-state index contributed by atoms with van der Waals surface area (Å²) >= 11 is 0. The largest absolute Gasteiger partial charge is 0.384 e. The van der Waals surface area contributed by atoms with Gasteiger partial charge in [-0.05, 0) is 44.1 Å². The molecule has 3 heteroatoms. The standard InChI is InChI=1S/C14H23FN2/c1-12(2)7-9-17(3)10-8-16-14-6-4-5-13(15)11-14/h4-6,11-12,16H,7-10H2,1-3H3. The summed E-state index contributed by atoms with van der Waals surface area (Å²) < 4.78 is 12.9. The number of benzene rings is 1. The van der Waals surface area contributed by atoms with Gasteiger partial charge < -0.3 is 10.2 Å². The molecule has 17 heavy (non-hydrogen) atoms. The number of likely N-dealkylation sites (N-methyl/N-ethyl adjacent to an activating group) is 1. The highest BCUT2D eigenvalue weighted by molar-refractivity contribution is 5.42. The van der Waals surface area contributed by atoms with Crippen molar-refractivity contribution in [3.8, 4) is 0 Å². The van der Waals surface area contributed by atoms with Crippen molar-refractivity contribution in [2.45, 2.75) is 20.3 Å². The van der Waals surface area contributed by atoms with Crippen molar-refractivity contribution in [2.24, 2.45) is 5.92 Å². The number of hydrogen-bond acceptors (Lipinski definition) is 2. The Morgan fingerprint density at radius 3 is 2.71 bits per heavy atom. The molecule has 0 amide bonds. The first-order chi connectivity index (χ1) is 8.08. The van der Waals surface area contributed by atoms with Crippen LogP contribution in [-0.2, 0) is 0 Å². The summed E-state index contributed by atoms with van der Waals surface area (Å²) in [5.41, 5.74) is 0.849. The molecule has 0 saturated heterocycles. The fraction of sp³-hybridized carbons (Fsp3) is 0.571. The average Bonchev–Trinajstić information content (AvgIpc) is 2.26. The molecule has 2 nitrogen and oxygen atoms in total. The van der Waals surface area contributed by atoms with E-state index in [0.717, 1.165) is 31.2 Å². The molecule has 0 radical (unpaired) electrons. The van der Waals surface area contributed by atoms with Gasteiger partial charge in [0.2, 0.25) is 0 Å². The van der Waals surface area contributed by atoms with Crippen LogP contribution in [-0.4, -0.2) is 31.6 Å². The maximum atomic E-state index is 12.9. The summed E-state index contributed by atoms with van der Waals surface area (Å²) in [4.78, 5) is 2.30. The molecule has 0 bridgehead atoms. The predicted octanol–water partition coefficient (Wildman–Crippen LogP) is 3.22. The van der Waals surface area contributed by atoms with E-state index < -0.39 is 0 Å². The molecule has 0 aliphatic carbocycles. The molecule has 0 fully saturated rings. The van der Waals surface area contributed by atoms with Crippen LogP contribution in [0, 0.1) is 11.7 Å². The molecule has 0 aromatic heterocycles. The van der Waals surface area contributed by atoms with Crippen LogP contribution in [0.2, 0.25) is 0 Å². The monoisotopic (exact) mass is 238 g/mol. The van der Waals surface area contributed by atoms with Crippen LogP contribution in [0.25, 0.3) is 0 Å². The zero-order chi connectivity index (χ0) is 12.7. The van der Waals surface area contributed by atoms with Crippen molar-refractivity contribution < 1.29 is 4.39 Å². The third-order valence-electron chi connectivity index (χ3n) is 2.74. The lowest BCUT2D eigenvalue weighted by Crippen LogP contribution is -2.26. The molecule has 0 aliphatic heterocycles. The van der Waals surface area contributed by atoms with E-state index in [1.807, 2.05) is 6.07 Å². The van der Waals surface area contributed by atoms with Gasteiger partial charge in [-0.3, -0.25) is 0 Å². The minimum Gasteiger partial charge on any atom is -0.384 e. The van der Waals surface area contributed by atoms with Crippen LogP contribution in [0.1, 0.15) is 20.3 Å². The predicted molar refractivity (Wildman–Crippen MR) is 71.8 cm³/mol.